The molecule has 2 aliphatic rings. The number of morpholine rings is 1. The normalized spacial score (nSPS) is 16.5. The smallest absolute Gasteiger partial charge is 0.245 e. The highest BCUT2D eigenvalue weighted by atomic mass is 32.2. The zero-order chi connectivity index (χ0) is 22.8. The summed E-state index contributed by atoms with van der Waals surface area (Å²) in [5.74, 6) is 2.29. The maximum Gasteiger partial charge on any atom is 0.245 e. The average Bonchev–Trinajstić information content (AvgIpc) is 3.37. The molecule has 2 aromatic heterocycles. The molecule has 0 amide bonds. The second-order valence-corrected chi connectivity index (χ2v) is 9.33. The highest BCUT2D eigenvalue weighted by Gasteiger charge is 2.30. The Kier molecular flexibility index (Phi) is 6.30. The molecule has 1 N–H and O–H groups in total. The molecule has 3 aromatic rings. The molecule has 1 saturated heterocycles. The average molecular weight is 466 g/mol. The lowest BCUT2D eigenvalue weighted by atomic mass is 10.2. The van der Waals surface area contributed by atoms with E-state index in [1.807, 2.05) is 26.0 Å². The molecule has 0 saturated carbocycles. The fourth-order valence-electron chi connectivity index (χ4n) is 4.01. The number of hydrazone groups is 1. The van der Waals surface area contributed by atoms with Crippen LogP contribution in [0.4, 0.5) is 11.8 Å². The third-order valence-corrected chi connectivity index (χ3v) is 6.93. The zero-order valence-electron chi connectivity index (χ0n) is 19.0. The van der Waals surface area contributed by atoms with E-state index >= 15 is 0 Å². The van der Waals surface area contributed by atoms with Crippen molar-refractivity contribution in [2.75, 3.05) is 36.6 Å². The molecule has 5 rings (SSSR count). The third kappa shape index (κ3) is 4.87. The predicted molar refractivity (Wildman–Crippen MR) is 129 cm³/mol. The van der Waals surface area contributed by atoms with Crippen LogP contribution < -0.4 is 10.3 Å². The SMILES string of the molecule is Cc1cccc(/C=N/Nc2nc3c(c(N4CCOCC4)n2)CN(Sc2c(C)noc2C)C3)c1. The molecule has 0 unspecified atom stereocenters. The first kappa shape index (κ1) is 21.9. The molecule has 1 aromatic carbocycles. The van der Waals surface area contributed by atoms with Crippen LogP contribution in [0.5, 0.6) is 0 Å². The Morgan fingerprint density at radius 3 is 2.73 bits per heavy atom. The number of nitrogens with zero attached hydrogens (tertiary/aromatic N) is 6. The van der Waals surface area contributed by atoms with Crippen LogP contribution in [0, 0.1) is 20.8 Å². The molecule has 0 atom stereocenters. The number of aromatic nitrogens is 3. The van der Waals surface area contributed by atoms with Gasteiger partial charge in [0.2, 0.25) is 5.95 Å². The van der Waals surface area contributed by atoms with Crippen molar-refractivity contribution < 1.29 is 9.26 Å². The molecule has 0 bridgehead atoms. The summed E-state index contributed by atoms with van der Waals surface area (Å²) in [6, 6.07) is 8.18. The molecule has 172 valence electrons. The number of rotatable bonds is 6. The summed E-state index contributed by atoms with van der Waals surface area (Å²) in [6.45, 7) is 10.5. The van der Waals surface area contributed by atoms with Crippen molar-refractivity contribution in [3.63, 3.8) is 0 Å². The fraction of sp³-hybridized carbons (Fsp3) is 0.391. The van der Waals surface area contributed by atoms with Crippen molar-refractivity contribution in [1.29, 1.82) is 0 Å². The second-order valence-electron chi connectivity index (χ2n) is 8.22. The summed E-state index contributed by atoms with van der Waals surface area (Å²) in [7, 11) is 0. The van der Waals surface area contributed by atoms with E-state index in [4.69, 9.17) is 19.2 Å². The number of anilines is 2. The van der Waals surface area contributed by atoms with Crippen molar-refractivity contribution in [2.24, 2.45) is 5.10 Å². The van der Waals surface area contributed by atoms with Gasteiger partial charge in [0.1, 0.15) is 11.6 Å². The molecular formula is C23H27N7O2S. The van der Waals surface area contributed by atoms with E-state index in [0.717, 1.165) is 58.6 Å². The van der Waals surface area contributed by atoms with Crippen molar-refractivity contribution in [1.82, 2.24) is 19.4 Å². The molecule has 1 fully saturated rings. The van der Waals surface area contributed by atoms with Crippen LogP contribution in [-0.4, -0.2) is 51.9 Å². The molecule has 2 aliphatic heterocycles. The van der Waals surface area contributed by atoms with Crippen molar-refractivity contribution in [2.45, 2.75) is 38.8 Å². The molecule has 0 spiro atoms. The summed E-state index contributed by atoms with van der Waals surface area (Å²) in [5, 5.41) is 8.46. The van der Waals surface area contributed by atoms with Crippen LogP contribution in [0.25, 0.3) is 0 Å². The topological polar surface area (TPSA) is 91.9 Å². The van der Waals surface area contributed by atoms with Crippen molar-refractivity contribution in [3.8, 4) is 0 Å². The Balaban J connectivity index is 1.39. The summed E-state index contributed by atoms with van der Waals surface area (Å²) in [4.78, 5) is 13.0. The van der Waals surface area contributed by atoms with Crippen LogP contribution in [-0.2, 0) is 17.8 Å². The van der Waals surface area contributed by atoms with Gasteiger partial charge in [-0.05, 0) is 38.3 Å². The Morgan fingerprint density at radius 1 is 1.12 bits per heavy atom. The molecule has 10 heteroatoms. The quantitative estimate of drug-likeness (QED) is 0.332. The number of fused-ring (bicyclic) bond motifs is 1. The molecule has 33 heavy (non-hydrogen) atoms. The molecule has 0 aliphatic carbocycles. The van der Waals surface area contributed by atoms with Gasteiger partial charge >= 0.3 is 0 Å². The van der Waals surface area contributed by atoms with Gasteiger partial charge in [0.15, 0.2) is 0 Å². The standard InChI is InChI=1S/C23H27N7O2S/c1-15-5-4-6-18(11-15)12-24-27-23-25-20-14-30(33-21-16(2)28-32-17(21)3)13-19(20)22(26-23)29-7-9-31-10-8-29/h4-6,11-12H,7-10,13-14H2,1-3H3,(H,25,26,27)/b24-12+. The maximum absolute atomic E-state index is 5.56. The van der Waals surface area contributed by atoms with Crippen LogP contribution in [0.1, 0.15) is 33.8 Å². The Bertz CT molecular complexity index is 1150. The van der Waals surface area contributed by atoms with Crippen LogP contribution in [0.15, 0.2) is 38.8 Å². The van der Waals surface area contributed by atoms with E-state index in [1.54, 1.807) is 18.2 Å². The van der Waals surface area contributed by atoms with E-state index in [1.165, 1.54) is 5.56 Å². The monoisotopic (exact) mass is 465 g/mol. The van der Waals surface area contributed by atoms with Crippen LogP contribution in [0.2, 0.25) is 0 Å². The lowest BCUT2D eigenvalue weighted by Gasteiger charge is -2.29. The fourth-order valence-corrected chi connectivity index (χ4v) is 4.98. The summed E-state index contributed by atoms with van der Waals surface area (Å²) in [5.41, 5.74) is 8.33. The van der Waals surface area contributed by atoms with Gasteiger partial charge in [-0.25, -0.2) is 14.7 Å². The van der Waals surface area contributed by atoms with Gasteiger partial charge in [0.05, 0.1) is 42.3 Å². The third-order valence-electron chi connectivity index (χ3n) is 5.65. The van der Waals surface area contributed by atoms with E-state index in [0.29, 0.717) is 25.7 Å². The lowest BCUT2D eigenvalue weighted by molar-refractivity contribution is 0.122. The van der Waals surface area contributed by atoms with E-state index in [-0.39, 0.29) is 0 Å². The summed E-state index contributed by atoms with van der Waals surface area (Å²) >= 11 is 1.66. The number of benzene rings is 1. The van der Waals surface area contributed by atoms with Gasteiger partial charge in [0, 0.05) is 25.2 Å². The number of ether oxygens (including phenoxy) is 1. The minimum absolute atomic E-state index is 0.503. The minimum atomic E-state index is 0.503. The minimum Gasteiger partial charge on any atom is -0.378 e. The first-order chi connectivity index (χ1) is 16.1. The number of hydrogen-bond acceptors (Lipinski definition) is 10. The number of hydrogen-bond donors (Lipinski definition) is 1. The summed E-state index contributed by atoms with van der Waals surface area (Å²) < 4.78 is 13.2. The first-order valence-electron chi connectivity index (χ1n) is 11.0. The largest absolute Gasteiger partial charge is 0.378 e. The highest BCUT2D eigenvalue weighted by molar-refractivity contribution is 7.97. The Morgan fingerprint density at radius 2 is 1.97 bits per heavy atom. The van der Waals surface area contributed by atoms with Gasteiger partial charge < -0.3 is 14.2 Å². The molecular weight excluding hydrogens is 438 g/mol. The maximum atomic E-state index is 5.56. The highest BCUT2D eigenvalue weighted by Crippen LogP contribution is 2.38. The molecule has 4 heterocycles. The second kappa shape index (κ2) is 9.50. The lowest BCUT2D eigenvalue weighted by Crippen LogP contribution is -2.37. The Hall–Kier alpha value is -2.95. The van der Waals surface area contributed by atoms with E-state index in [9.17, 15) is 0 Å². The molecule has 9 nitrogen and oxygen atoms in total. The van der Waals surface area contributed by atoms with Crippen molar-refractivity contribution in [3.05, 3.63) is 58.1 Å². The van der Waals surface area contributed by atoms with Gasteiger partial charge in [-0.3, -0.25) is 0 Å². The zero-order valence-corrected chi connectivity index (χ0v) is 19.9. The Labute approximate surface area is 197 Å². The number of aryl methyl sites for hydroxylation is 3. The van der Waals surface area contributed by atoms with Crippen LogP contribution in [0.3, 0.4) is 0 Å². The van der Waals surface area contributed by atoms with E-state index < -0.39 is 0 Å². The van der Waals surface area contributed by atoms with Gasteiger partial charge in [0.25, 0.3) is 0 Å². The van der Waals surface area contributed by atoms with Gasteiger partial charge in [-0.2, -0.15) is 10.1 Å². The van der Waals surface area contributed by atoms with Gasteiger partial charge in [-0.1, -0.05) is 35.0 Å². The number of nitrogens with one attached hydrogen (secondary N) is 1. The summed E-state index contributed by atoms with van der Waals surface area (Å²) in [6.07, 6.45) is 1.79. The molecule has 0 radical (unpaired) electrons. The van der Waals surface area contributed by atoms with Crippen molar-refractivity contribution >= 4 is 29.9 Å². The van der Waals surface area contributed by atoms with Gasteiger partial charge in [-0.15, -0.1) is 0 Å². The van der Waals surface area contributed by atoms with E-state index in [2.05, 4.69) is 43.9 Å². The predicted octanol–water partition coefficient (Wildman–Crippen LogP) is 3.70. The first-order valence-corrected chi connectivity index (χ1v) is 11.8. The van der Waals surface area contributed by atoms with Crippen LogP contribution >= 0.6 is 11.9 Å².